The number of carbonyl (C=O) groups is 2. The van der Waals surface area contributed by atoms with E-state index in [4.69, 9.17) is 8.83 Å². The third-order valence-electron chi connectivity index (χ3n) is 4.75. The average Bonchev–Trinajstić information content (AvgIpc) is 3.29. The minimum Gasteiger partial charge on any atom is -0.459 e. The number of aryl methyl sites for hydroxylation is 2. The lowest BCUT2D eigenvalue weighted by atomic mass is 9.97. The quantitative estimate of drug-likeness (QED) is 0.823. The van der Waals surface area contributed by atoms with E-state index in [0.717, 1.165) is 11.5 Å². The molecule has 2 aromatic rings. The summed E-state index contributed by atoms with van der Waals surface area (Å²) in [7, 11) is 0. The maximum absolute atomic E-state index is 12.5. The summed E-state index contributed by atoms with van der Waals surface area (Å²) in [6.07, 6.45) is 2.41. The van der Waals surface area contributed by atoms with E-state index in [1.54, 1.807) is 17.0 Å². The molecule has 1 saturated heterocycles. The van der Waals surface area contributed by atoms with Gasteiger partial charge in [0, 0.05) is 44.4 Å². The highest BCUT2D eigenvalue weighted by Gasteiger charge is 2.27. The van der Waals surface area contributed by atoms with Crippen LogP contribution in [-0.4, -0.2) is 52.8 Å². The van der Waals surface area contributed by atoms with Crippen molar-refractivity contribution in [3.63, 3.8) is 0 Å². The first-order valence-electron chi connectivity index (χ1n) is 9.33. The second-order valence-electron chi connectivity index (χ2n) is 7.93. The van der Waals surface area contributed by atoms with Crippen LogP contribution in [0.3, 0.4) is 0 Å². The van der Waals surface area contributed by atoms with Crippen molar-refractivity contribution in [2.75, 3.05) is 26.2 Å². The van der Waals surface area contributed by atoms with Gasteiger partial charge < -0.3 is 18.6 Å². The summed E-state index contributed by atoms with van der Waals surface area (Å²) < 4.78 is 11.0. The summed E-state index contributed by atoms with van der Waals surface area (Å²) in [6.45, 7) is 10.2. The molecule has 1 aliphatic rings. The predicted molar refractivity (Wildman–Crippen MR) is 99.5 cm³/mol. The average molecular weight is 373 g/mol. The number of piperazine rings is 1. The van der Waals surface area contributed by atoms with Crippen LogP contribution in [0.1, 0.15) is 55.1 Å². The molecule has 0 saturated carbocycles. The second-order valence-corrected chi connectivity index (χ2v) is 7.93. The van der Waals surface area contributed by atoms with E-state index in [-0.39, 0.29) is 17.2 Å². The Balaban J connectivity index is 1.50. The molecule has 0 spiro atoms. The molecule has 2 aromatic heterocycles. The van der Waals surface area contributed by atoms with Gasteiger partial charge in [0.25, 0.3) is 5.91 Å². The van der Waals surface area contributed by atoms with Crippen molar-refractivity contribution in [3.8, 4) is 0 Å². The highest BCUT2D eigenvalue weighted by Crippen LogP contribution is 2.24. The highest BCUT2D eigenvalue weighted by molar-refractivity contribution is 5.91. The van der Waals surface area contributed by atoms with Gasteiger partial charge in [-0.2, -0.15) is 0 Å². The van der Waals surface area contributed by atoms with Crippen LogP contribution in [0.15, 0.2) is 27.2 Å². The zero-order valence-corrected chi connectivity index (χ0v) is 16.4. The molecule has 0 atom stereocenters. The molecule has 7 nitrogen and oxygen atoms in total. The third kappa shape index (κ3) is 4.40. The maximum atomic E-state index is 12.5. The molecule has 3 heterocycles. The first kappa shape index (κ1) is 19.2. The second kappa shape index (κ2) is 7.58. The van der Waals surface area contributed by atoms with Gasteiger partial charge in [0.2, 0.25) is 5.91 Å². The zero-order valence-electron chi connectivity index (χ0n) is 16.4. The van der Waals surface area contributed by atoms with E-state index in [1.807, 2.05) is 11.8 Å². The van der Waals surface area contributed by atoms with Crippen molar-refractivity contribution in [2.24, 2.45) is 0 Å². The molecule has 3 rings (SSSR count). The van der Waals surface area contributed by atoms with Crippen molar-refractivity contribution in [2.45, 2.75) is 46.0 Å². The normalized spacial score (nSPS) is 15.3. The molecule has 1 aliphatic heterocycles. The van der Waals surface area contributed by atoms with Crippen molar-refractivity contribution in [1.29, 1.82) is 0 Å². The summed E-state index contributed by atoms with van der Waals surface area (Å²) in [5.41, 5.74) is 0.700. The molecular formula is C20H27N3O4. The number of amides is 2. The lowest BCUT2D eigenvalue weighted by molar-refractivity contribution is -0.132. The van der Waals surface area contributed by atoms with E-state index in [2.05, 4.69) is 25.8 Å². The largest absolute Gasteiger partial charge is 0.459 e. The number of aromatic nitrogens is 1. The first-order valence-corrected chi connectivity index (χ1v) is 9.33. The standard InChI is InChI=1S/C20H27N3O4/c1-14-15(27-19(21-14)20(2,3)4)7-8-17(24)22-9-11-23(12-10-22)18(25)16-6-5-13-26-16/h5-6,13H,7-12H2,1-4H3. The summed E-state index contributed by atoms with van der Waals surface area (Å²) in [4.78, 5) is 32.8. The summed E-state index contributed by atoms with van der Waals surface area (Å²) in [5.74, 6) is 1.77. The minimum absolute atomic E-state index is 0.0770. The molecule has 0 unspecified atom stereocenters. The Kier molecular flexibility index (Phi) is 5.39. The highest BCUT2D eigenvalue weighted by atomic mass is 16.4. The molecule has 1 fully saturated rings. The molecule has 0 radical (unpaired) electrons. The van der Waals surface area contributed by atoms with Crippen LogP contribution in [0.5, 0.6) is 0 Å². The van der Waals surface area contributed by atoms with E-state index in [0.29, 0.717) is 50.7 Å². The van der Waals surface area contributed by atoms with Crippen LogP contribution in [-0.2, 0) is 16.6 Å². The Hall–Kier alpha value is -2.57. The number of hydrogen-bond acceptors (Lipinski definition) is 5. The van der Waals surface area contributed by atoms with Gasteiger partial charge in [-0.15, -0.1) is 0 Å². The molecule has 2 amide bonds. The number of rotatable bonds is 4. The van der Waals surface area contributed by atoms with Crippen LogP contribution < -0.4 is 0 Å². The molecule has 0 N–H and O–H groups in total. The first-order chi connectivity index (χ1) is 12.8. The Morgan fingerprint density at radius 2 is 1.81 bits per heavy atom. The Morgan fingerprint density at radius 3 is 2.37 bits per heavy atom. The Labute approximate surface area is 159 Å². The van der Waals surface area contributed by atoms with E-state index in [1.165, 1.54) is 6.26 Å². The minimum atomic E-state index is -0.149. The fraction of sp³-hybridized carbons (Fsp3) is 0.550. The van der Waals surface area contributed by atoms with Crippen LogP contribution in [0, 0.1) is 6.92 Å². The van der Waals surface area contributed by atoms with Crippen molar-refractivity contribution in [3.05, 3.63) is 41.5 Å². The Morgan fingerprint density at radius 1 is 1.15 bits per heavy atom. The van der Waals surface area contributed by atoms with E-state index in [9.17, 15) is 9.59 Å². The molecule has 0 bridgehead atoms. The maximum Gasteiger partial charge on any atom is 0.289 e. The molecule has 27 heavy (non-hydrogen) atoms. The van der Waals surface area contributed by atoms with Crippen molar-refractivity contribution in [1.82, 2.24) is 14.8 Å². The predicted octanol–water partition coefficient (Wildman–Crippen LogP) is 2.79. The monoisotopic (exact) mass is 373 g/mol. The summed E-state index contributed by atoms with van der Waals surface area (Å²) in [6, 6.07) is 3.36. The topological polar surface area (TPSA) is 79.8 Å². The number of nitrogens with zero attached hydrogens (tertiary/aromatic N) is 3. The third-order valence-corrected chi connectivity index (χ3v) is 4.75. The molecule has 146 valence electrons. The number of carbonyl (C=O) groups excluding carboxylic acids is 2. The Bertz CT molecular complexity index is 794. The van der Waals surface area contributed by atoms with Gasteiger partial charge in [-0.3, -0.25) is 9.59 Å². The van der Waals surface area contributed by atoms with E-state index >= 15 is 0 Å². The van der Waals surface area contributed by atoms with Crippen molar-refractivity contribution >= 4 is 11.8 Å². The van der Waals surface area contributed by atoms with Crippen LogP contribution >= 0.6 is 0 Å². The van der Waals surface area contributed by atoms with Crippen LogP contribution in [0.25, 0.3) is 0 Å². The van der Waals surface area contributed by atoms with Gasteiger partial charge in [-0.1, -0.05) is 20.8 Å². The number of furan rings is 1. The summed E-state index contributed by atoms with van der Waals surface area (Å²) >= 11 is 0. The van der Waals surface area contributed by atoms with Gasteiger partial charge in [0.15, 0.2) is 11.7 Å². The molecule has 0 aliphatic carbocycles. The lowest BCUT2D eigenvalue weighted by Gasteiger charge is -2.34. The van der Waals surface area contributed by atoms with Gasteiger partial charge in [0.05, 0.1) is 12.0 Å². The van der Waals surface area contributed by atoms with Crippen LogP contribution in [0.2, 0.25) is 0 Å². The lowest BCUT2D eigenvalue weighted by Crippen LogP contribution is -2.50. The molecule has 7 heteroatoms. The van der Waals surface area contributed by atoms with Gasteiger partial charge in [-0.25, -0.2) is 4.98 Å². The smallest absolute Gasteiger partial charge is 0.289 e. The SMILES string of the molecule is Cc1nc(C(C)(C)C)oc1CCC(=O)N1CCN(C(=O)c2ccco2)CC1. The number of hydrogen-bond donors (Lipinski definition) is 0. The fourth-order valence-corrected chi connectivity index (χ4v) is 3.07. The van der Waals surface area contributed by atoms with Crippen molar-refractivity contribution < 1.29 is 18.4 Å². The van der Waals surface area contributed by atoms with Crippen LogP contribution in [0.4, 0.5) is 0 Å². The number of oxazole rings is 1. The van der Waals surface area contributed by atoms with E-state index < -0.39 is 0 Å². The zero-order chi connectivity index (χ0) is 19.6. The van der Waals surface area contributed by atoms with Gasteiger partial charge in [-0.05, 0) is 19.1 Å². The van der Waals surface area contributed by atoms with Gasteiger partial charge >= 0.3 is 0 Å². The van der Waals surface area contributed by atoms with Gasteiger partial charge in [0.1, 0.15) is 5.76 Å². The summed E-state index contributed by atoms with van der Waals surface area (Å²) in [5, 5.41) is 0. The molecular weight excluding hydrogens is 346 g/mol. The fourth-order valence-electron chi connectivity index (χ4n) is 3.07. The molecule has 0 aromatic carbocycles.